The number of rotatable bonds is 3. The lowest BCUT2D eigenvalue weighted by Gasteiger charge is -2.13. The van der Waals surface area contributed by atoms with Gasteiger partial charge in [0.25, 0.3) is 0 Å². The zero-order chi connectivity index (χ0) is 8.85. The first kappa shape index (κ1) is 14.2. The number of nitrogens with zero attached hydrogens (tertiary/aromatic N) is 2. The molecule has 1 amide bonds. The van der Waals surface area contributed by atoms with Crippen LogP contribution in [-0.2, 0) is 4.74 Å². The molecule has 0 radical (unpaired) electrons. The lowest BCUT2D eigenvalue weighted by molar-refractivity contribution is 0.111. The first-order chi connectivity index (χ1) is 5.04. The minimum atomic E-state index is -0.285. The van der Waals surface area contributed by atoms with Gasteiger partial charge in [0.2, 0.25) is 0 Å². The fraction of sp³-hybridized carbons (Fsp3) is 0.857. The van der Waals surface area contributed by atoms with Crippen molar-refractivity contribution in [2.24, 2.45) is 0 Å². The number of halogens is 1. The van der Waals surface area contributed by atoms with E-state index in [1.165, 1.54) is 4.90 Å². The predicted molar refractivity (Wildman–Crippen MR) is 53.9 cm³/mol. The first-order valence-corrected chi connectivity index (χ1v) is 3.53. The average molecular weight is 241 g/mol. The van der Waals surface area contributed by atoms with E-state index in [9.17, 15) is 4.79 Å². The monoisotopic (exact) mass is 240 g/mol. The van der Waals surface area contributed by atoms with Gasteiger partial charge in [0, 0.05) is 20.6 Å². The first-order valence-electron chi connectivity index (χ1n) is 3.53. The fourth-order valence-corrected chi connectivity index (χ4v) is 0.445. The Balaban J connectivity index is 0. The smallest absolute Gasteiger partial charge is 0.409 e. The summed E-state index contributed by atoms with van der Waals surface area (Å²) in [7, 11) is 7.20. The van der Waals surface area contributed by atoms with Gasteiger partial charge in [-0.3, -0.25) is 0 Å². The van der Waals surface area contributed by atoms with E-state index < -0.39 is 0 Å². The van der Waals surface area contributed by atoms with Gasteiger partial charge in [-0.05, 0) is 14.1 Å². The molecule has 0 aliphatic heterocycles. The molecule has 0 aliphatic rings. The van der Waals surface area contributed by atoms with Gasteiger partial charge in [-0.2, -0.15) is 0 Å². The second-order valence-electron chi connectivity index (χ2n) is 2.81. The SMILES string of the molecule is Br.CN(C)CCOC(=O)N(C)C. The molecule has 0 fully saturated rings. The Hall–Kier alpha value is -0.290. The molecule has 0 atom stereocenters. The summed E-state index contributed by atoms with van der Waals surface area (Å²) in [5.74, 6) is 0. The van der Waals surface area contributed by atoms with Crippen LogP contribution >= 0.6 is 17.0 Å². The lowest BCUT2D eigenvalue weighted by Crippen LogP contribution is -2.26. The van der Waals surface area contributed by atoms with Crippen molar-refractivity contribution in [1.29, 1.82) is 0 Å². The number of hydrogen-bond acceptors (Lipinski definition) is 3. The Morgan fingerprint density at radius 1 is 1.25 bits per heavy atom. The molecule has 0 aromatic heterocycles. The molecular formula is C7H17BrN2O2. The second-order valence-corrected chi connectivity index (χ2v) is 2.81. The van der Waals surface area contributed by atoms with Gasteiger partial charge in [0.05, 0.1) is 0 Å². The van der Waals surface area contributed by atoms with Crippen molar-refractivity contribution in [2.75, 3.05) is 41.3 Å². The van der Waals surface area contributed by atoms with Crippen LogP contribution in [0.1, 0.15) is 0 Å². The standard InChI is InChI=1S/C7H16N2O2.BrH/c1-8(2)5-6-11-7(10)9(3)4;/h5-6H2,1-4H3;1H. The van der Waals surface area contributed by atoms with Crippen LogP contribution in [0.4, 0.5) is 4.79 Å². The summed E-state index contributed by atoms with van der Waals surface area (Å²) in [5.41, 5.74) is 0. The molecule has 0 aromatic carbocycles. The van der Waals surface area contributed by atoms with Gasteiger partial charge in [-0.25, -0.2) is 4.79 Å². The topological polar surface area (TPSA) is 32.8 Å². The van der Waals surface area contributed by atoms with Crippen molar-refractivity contribution in [3.05, 3.63) is 0 Å². The molecule has 4 nitrogen and oxygen atoms in total. The Labute approximate surface area is 84.2 Å². The minimum absolute atomic E-state index is 0. The van der Waals surface area contributed by atoms with Crippen molar-refractivity contribution < 1.29 is 9.53 Å². The summed E-state index contributed by atoms with van der Waals surface area (Å²) in [6.45, 7) is 1.21. The van der Waals surface area contributed by atoms with E-state index in [0.29, 0.717) is 6.61 Å². The van der Waals surface area contributed by atoms with E-state index in [4.69, 9.17) is 4.74 Å². The molecule has 0 heterocycles. The van der Waals surface area contributed by atoms with Gasteiger partial charge >= 0.3 is 6.09 Å². The fourth-order valence-electron chi connectivity index (χ4n) is 0.445. The van der Waals surface area contributed by atoms with Crippen LogP contribution in [0, 0.1) is 0 Å². The van der Waals surface area contributed by atoms with Gasteiger partial charge in [-0.15, -0.1) is 17.0 Å². The number of carbonyl (C=O) groups excluding carboxylic acids is 1. The maximum atomic E-state index is 10.8. The number of likely N-dealkylation sites (N-methyl/N-ethyl adjacent to an activating group) is 1. The molecule has 0 saturated carbocycles. The average Bonchev–Trinajstić information content (AvgIpc) is 1.86. The Bertz CT molecular complexity index is 129. The molecule has 0 spiro atoms. The maximum Gasteiger partial charge on any atom is 0.409 e. The zero-order valence-electron chi connectivity index (χ0n) is 8.03. The molecule has 12 heavy (non-hydrogen) atoms. The summed E-state index contributed by atoms with van der Waals surface area (Å²) >= 11 is 0. The second kappa shape index (κ2) is 7.36. The van der Waals surface area contributed by atoms with Crippen molar-refractivity contribution in [3.8, 4) is 0 Å². The maximum absolute atomic E-state index is 10.8. The van der Waals surface area contributed by atoms with Gasteiger partial charge in [0.1, 0.15) is 6.61 Å². The van der Waals surface area contributed by atoms with E-state index in [2.05, 4.69) is 0 Å². The van der Waals surface area contributed by atoms with Crippen LogP contribution in [0.15, 0.2) is 0 Å². The predicted octanol–water partition coefficient (Wildman–Crippen LogP) is 0.824. The molecular weight excluding hydrogens is 224 g/mol. The van der Waals surface area contributed by atoms with Crippen molar-refractivity contribution >= 4 is 23.1 Å². The van der Waals surface area contributed by atoms with Gasteiger partial charge < -0.3 is 14.5 Å². The summed E-state index contributed by atoms with van der Waals surface area (Å²) in [6.07, 6.45) is -0.285. The highest BCUT2D eigenvalue weighted by molar-refractivity contribution is 8.93. The van der Waals surface area contributed by atoms with Crippen LogP contribution in [-0.4, -0.2) is 57.2 Å². The Morgan fingerprint density at radius 3 is 2.08 bits per heavy atom. The molecule has 74 valence electrons. The van der Waals surface area contributed by atoms with E-state index in [0.717, 1.165) is 6.54 Å². The van der Waals surface area contributed by atoms with E-state index in [-0.39, 0.29) is 23.1 Å². The highest BCUT2D eigenvalue weighted by Gasteiger charge is 2.02. The largest absolute Gasteiger partial charge is 0.448 e. The molecule has 0 bridgehead atoms. The van der Waals surface area contributed by atoms with E-state index in [1.807, 2.05) is 19.0 Å². The molecule has 0 aliphatic carbocycles. The molecule has 0 aromatic rings. The lowest BCUT2D eigenvalue weighted by atomic mass is 10.6. The Kier molecular flexibility index (Phi) is 8.74. The van der Waals surface area contributed by atoms with Crippen LogP contribution in [0.5, 0.6) is 0 Å². The third kappa shape index (κ3) is 7.81. The minimum Gasteiger partial charge on any atom is -0.448 e. The highest BCUT2D eigenvalue weighted by Crippen LogP contribution is 1.85. The van der Waals surface area contributed by atoms with Crippen molar-refractivity contribution in [2.45, 2.75) is 0 Å². The normalized spacial score (nSPS) is 9.08. The third-order valence-corrected chi connectivity index (χ3v) is 1.13. The summed E-state index contributed by atoms with van der Waals surface area (Å²) in [5, 5.41) is 0. The zero-order valence-corrected chi connectivity index (χ0v) is 9.75. The van der Waals surface area contributed by atoms with Crippen LogP contribution in [0.25, 0.3) is 0 Å². The van der Waals surface area contributed by atoms with Crippen molar-refractivity contribution in [1.82, 2.24) is 9.80 Å². The number of ether oxygens (including phenoxy) is 1. The van der Waals surface area contributed by atoms with Crippen molar-refractivity contribution in [3.63, 3.8) is 0 Å². The van der Waals surface area contributed by atoms with E-state index in [1.54, 1.807) is 14.1 Å². The number of hydrogen-bond donors (Lipinski definition) is 0. The van der Waals surface area contributed by atoms with Gasteiger partial charge in [-0.1, -0.05) is 0 Å². The summed E-state index contributed by atoms with van der Waals surface area (Å²) in [4.78, 5) is 14.2. The van der Waals surface area contributed by atoms with E-state index >= 15 is 0 Å². The van der Waals surface area contributed by atoms with Crippen LogP contribution in [0.2, 0.25) is 0 Å². The van der Waals surface area contributed by atoms with Gasteiger partial charge in [0.15, 0.2) is 0 Å². The molecule has 0 saturated heterocycles. The van der Waals surface area contributed by atoms with Crippen LogP contribution in [0.3, 0.4) is 0 Å². The highest BCUT2D eigenvalue weighted by atomic mass is 79.9. The molecule has 0 N–H and O–H groups in total. The summed E-state index contributed by atoms with van der Waals surface area (Å²) in [6, 6.07) is 0. The molecule has 0 rings (SSSR count). The summed E-state index contributed by atoms with van der Waals surface area (Å²) < 4.78 is 4.86. The molecule has 5 heteroatoms. The number of carbonyl (C=O) groups is 1. The Morgan fingerprint density at radius 2 is 1.75 bits per heavy atom. The third-order valence-electron chi connectivity index (χ3n) is 1.13. The van der Waals surface area contributed by atoms with Crippen LogP contribution < -0.4 is 0 Å². The number of amides is 1. The quantitative estimate of drug-likeness (QED) is 0.733. The molecule has 0 unspecified atom stereocenters.